The maximum atomic E-state index is 12.7. The molecular formula is C21H23N3O3S2. The number of carbonyl (C=O) groups excluding carboxylic acids is 1. The molecule has 29 heavy (non-hydrogen) atoms. The third-order valence-corrected chi connectivity index (χ3v) is 8.16. The molecule has 0 bridgehead atoms. The Morgan fingerprint density at radius 1 is 1.21 bits per heavy atom. The van der Waals surface area contributed by atoms with Crippen molar-refractivity contribution in [1.82, 2.24) is 8.87 Å². The number of carbonyl (C=O) groups is 1. The number of sulfonamides is 1. The minimum atomic E-state index is -3.52. The maximum Gasteiger partial charge on any atom is 0.279 e. The summed E-state index contributed by atoms with van der Waals surface area (Å²) in [4.78, 5) is 17.9. The second-order valence-electron chi connectivity index (χ2n) is 7.29. The smallest absolute Gasteiger partial charge is 0.279 e. The molecule has 152 valence electrons. The molecule has 1 aliphatic rings. The highest BCUT2D eigenvalue weighted by molar-refractivity contribution is 7.89. The van der Waals surface area contributed by atoms with Gasteiger partial charge in [-0.25, -0.2) is 8.42 Å². The molecule has 6 nitrogen and oxygen atoms in total. The van der Waals surface area contributed by atoms with Crippen molar-refractivity contribution in [2.24, 2.45) is 4.99 Å². The predicted octanol–water partition coefficient (Wildman–Crippen LogP) is 3.56. The average molecular weight is 430 g/mol. The second-order valence-corrected chi connectivity index (χ2v) is 10.3. The molecule has 0 atom stereocenters. The van der Waals surface area contributed by atoms with E-state index in [-0.39, 0.29) is 16.8 Å². The zero-order chi connectivity index (χ0) is 20.8. The van der Waals surface area contributed by atoms with Gasteiger partial charge in [-0.3, -0.25) is 4.79 Å². The molecule has 4 rings (SSSR count). The van der Waals surface area contributed by atoms with Crippen molar-refractivity contribution >= 4 is 37.5 Å². The van der Waals surface area contributed by atoms with Crippen LogP contribution in [0.5, 0.6) is 0 Å². The lowest BCUT2D eigenvalue weighted by molar-refractivity contribution is 0.0997. The van der Waals surface area contributed by atoms with Crippen LogP contribution in [0.4, 0.5) is 0 Å². The predicted molar refractivity (Wildman–Crippen MR) is 115 cm³/mol. The number of aromatic nitrogens is 1. The van der Waals surface area contributed by atoms with Crippen LogP contribution < -0.4 is 4.80 Å². The van der Waals surface area contributed by atoms with Crippen molar-refractivity contribution in [2.75, 3.05) is 7.05 Å². The van der Waals surface area contributed by atoms with E-state index < -0.39 is 10.0 Å². The molecule has 0 saturated heterocycles. The van der Waals surface area contributed by atoms with Crippen molar-refractivity contribution in [2.45, 2.75) is 44.2 Å². The van der Waals surface area contributed by atoms with Gasteiger partial charge in [0.2, 0.25) is 10.0 Å². The molecule has 1 aromatic heterocycles. The number of hydrogen-bond acceptors (Lipinski definition) is 4. The van der Waals surface area contributed by atoms with Crippen LogP contribution >= 0.6 is 11.3 Å². The van der Waals surface area contributed by atoms with E-state index in [0.717, 1.165) is 28.6 Å². The molecule has 2 aromatic carbocycles. The molecular weight excluding hydrogens is 406 g/mol. The summed E-state index contributed by atoms with van der Waals surface area (Å²) in [7, 11) is -1.91. The Morgan fingerprint density at radius 3 is 2.52 bits per heavy atom. The topological polar surface area (TPSA) is 71.7 Å². The van der Waals surface area contributed by atoms with E-state index in [1.54, 1.807) is 7.05 Å². The Labute approximate surface area is 174 Å². The van der Waals surface area contributed by atoms with Crippen LogP contribution in [0.3, 0.4) is 0 Å². The van der Waals surface area contributed by atoms with Gasteiger partial charge >= 0.3 is 0 Å². The molecule has 1 aliphatic carbocycles. The van der Waals surface area contributed by atoms with Crippen LogP contribution in [0.15, 0.2) is 52.4 Å². The van der Waals surface area contributed by atoms with Crippen LogP contribution in [0.25, 0.3) is 10.2 Å². The Kier molecular flexibility index (Phi) is 5.18. The number of thiazole rings is 1. The summed E-state index contributed by atoms with van der Waals surface area (Å²) >= 11 is 1.48. The Bertz CT molecular complexity index is 1250. The molecule has 1 fully saturated rings. The highest BCUT2D eigenvalue weighted by Gasteiger charge is 2.34. The fourth-order valence-electron chi connectivity index (χ4n) is 3.29. The lowest BCUT2D eigenvalue weighted by Gasteiger charge is -2.16. The fraction of sp³-hybridized carbons (Fsp3) is 0.333. The van der Waals surface area contributed by atoms with E-state index in [1.807, 2.05) is 30.5 Å². The molecule has 1 saturated carbocycles. The Balaban J connectivity index is 1.66. The van der Waals surface area contributed by atoms with E-state index in [4.69, 9.17) is 0 Å². The normalized spacial score (nSPS) is 15.4. The molecule has 8 heteroatoms. The summed E-state index contributed by atoms with van der Waals surface area (Å²) in [6, 6.07) is 12.3. The van der Waals surface area contributed by atoms with Crippen molar-refractivity contribution in [3.8, 4) is 0 Å². The van der Waals surface area contributed by atoms with Crippen molar-refractivity contribution in [3.05, 3.63) is 58.4 Å². The first kappa shape index (κ1) is 20.0. The van der Waals surface area contributed by atoms with Gasteiger partial charge in [0.1, 0.15) is 0 Å². The first-order chi connectivity index (χ1) is 13.8. The summed E-state index contributed by atoms with van der Waals surface area (Å²) in [6.45, 7) is 4.76. The van der Waals surface area contributed by atoms with E-state index >= 15 is 0 Å². The van der Waals surface area contributed by atoms with Gasteiger partial charge in [0.25, 0.3) is 5.91 Å². The molecule has 0 aliphatic heterocycles. The average Bonchev–Trinajstić information content (AvgIpc) is 3.49. The number of amides is 1. The zero-order valence-corrected chi connectivity index (χ0v) is 18.3. The quantitative estimate of drug-likeness (QED) is 0.623. The van der Waals surface area contributed by atoms with E-state index in [9.17, 15) is 13.2 Å². The highest BCUT2D eigenvalue weighted by Crippen LogP contribution is 2.30. The molecule has 0 unspecified atom stereocenters. The summed E-state index contributed by atoms with van der Waals surface area (Å²) in [5, 5.41) is 0. The zero-order valence-electron chi connectivity index (χ0n) is 16.6. The van der Waals surface area contributed by atoms with Gasteiger partial charge in [-0.1, -0.05) is 17.4 Å². The number of nitrogens with zero attached hydrogens (tertiary/aromatic N) is 3. The molecule has 0 radical (unpaired) electrons. The Morgan fingerprint density at radius 2 is 1.90 bits per heavy atom. The Hall–Kier alpha value is -2.29. The molecule has 1 amide bonds. The van der Waals surface area contributed by atoms with Gasteiger partial charge in [-0.15, -0.1) is 0 Å². The minimum absolute atomic E-state index is 0.0948. The van der Waals surface area contributed by atoms with E-state index in [0.29, 0.717) is 16.9 Å². The van der Waals surface area contributed by atoms with Crippen LogP contribution in [-0.2, 0) is 16.6 Å². The van der Waals surface area contributed by atoms with Gasteiger partial charge in [0, 0.05) is 25.2 Å². The number of fused-ring (bicyclic) bond motifs is 1. The van der Waals surface area contributed by atoms with Crippen molar-refractivity contribution in [1.29, 1.82) is 0 Å². The van der Waals surface area contributed by atoms with Crippen molar-refractivity contribution in [3.63, 3.8) is 0 Å². The van der Waals surface area contributed by atoms with Gasteiger partial charge < -0.3 is 4.57 Å². The first-order valence-electron chi connectivity index (χ1n) is 9.58. The SMILES string of the molecule is CCn1c(=NC(=O)c2ccc(S(=O)(=O)N(C)C3CC3)cc2)sc2cc(C)ccc21. The van der Waals surface area contributed by atoms with Crippen LogP contribution in [0.1, 0.15) is 35.7 Å². The third-order valence-electron chi connectivity index (χ3n) is 5.19. The van der Waals surface area contributed by atoms with Gasteiger partial charge in [0.05, 0.1) is 15.1 Å². The number of benzene rings is 2. The molecule has 0 N–H and O–H groups in total. The number of aryl methyl sites for hydroxylation is 2. The van der Waals surface area contributed by atoms with Gasteiger partial charge in [-0.2, -0.15) is 9.30 Å². The van der Waals surface area contributed by atoms with E-state index in [1.165, 1.54) is 39.9 Å². The minimum Gasteiger partial charge on any atom is -0.317 e. The summed E-state index contributed by atoms with van der Waals surface area (Å²) in [5.74, 6) is -0.380. The standard InChI is InChI=1S/C21H23N3O3S2/c1-4-24-18-12-5-14(2)13-19(18)28-21(24)22-20(25)15-6-10-17(11-7-15)29(26,27)23(3)16-8-9-16/h5-7,10-13,16H,4,8-9H2,1-3H3. The molecule has 1 heterocycles. The highest BCUT2D eigenvalue weighted by atomic mass is 32.2. The number of hydrogen-bond donors (Lipinski definition) is 0. The van der Waals surface area contributed by atoms with Crippen LogP contribution in [-0.4, -0.2) is 36.3 Å². The molecule has 3 aromatic rings. The molecule has 0 spiro atoms. The van der Waals surface area contributed by atoms with Crippen LogP contribution in [0.2, 0.25) is 0 Å². The summed E-state index contributed by atoms with van der Waals surface area (Å²) < 4.78 is 29.7. The van der Waals surface area contributed by atoms with Gasteiger partial charge in [-0.05, 0) is 68.7 Å². The largest absolute Gasteiger partial charge is 0.317 e. The van der Waals surface area contributed by atoms with Crippen molar-refractivity contribution < 1.29 is 13.2 Å². The number of rotatable bonds is 5. The summed E-state index contributed by atoms with van der Waals surface area (Å²) in [6.07, 6.45) is 1.80. The van der Waals surface area contributed by atoms with E-state index in [2.05, 4.69) is 11.1 Å². The maximum absolute atomic E-state index is 12.7. The second kappa shape index (κ2) is 7.51. The lowest BCUT2D eigenvalue weighted by atomic mass is 10.2. The lowest BCUT2D eigenvalue weighted by Crippen LogP contribution is -2.28. The fourth-order valence-corrected chi connectivity index (χ4v) is 5.90. The summed E-state index contributed by atoms with van der Waals surface area (Å²) in [5.41, 5.74) is 2.58. The van der Waals surface area contributed by atoms with Gasteiger partial charge in [0.15, 0.2) is 4.80 Å². The van der Waals surface area contributed by atoms with Crippen LogP contribution in [0, 0.1) is 6.92 Å². The first-order valence-corrected chi connectivity index (χ1v) is 11.8. The third kappa shape index (κ3) is 3.80. The monoisotopic (exact) mass is 429 g/mol.